The van der Waals surface area contributed by atoms with Gasteiger partial charge in [0.2, 0.25) is 3.79 Å². The van der Waals surface area contributed by atoms with E-state index in [1.165, 1.54) is 13.8 Å². The van der Waals surface area contributed by atoms with Crippen LogP contribution in [0.5, 0.6) is 0 Å². The van der Waals surface area contributed by atoms with Gasteiger partial charge in [0.15, 0.2) is 0 Å². The molecule has 0 aromatic rings. The minimum absolute atomic E-state index is 0.630. The van der Waals surface area contributed by atoms with E-state index in [0.29, 0.717) is 6.42 Å². The molecule has 0 bridgehead atoms. The normalized spacial score (nSPS) is 14.4. The summed E-state index contributed by atoms with van der Waals surface area (Å²) in [5.74, 6) is 0. The molecule has 0 radical (unpaired) electrons. The van der Waals surface area contributed by atoms with Crippen molar-refractivity contribution < 1.29 is 10.2 Å². The van der Waals surface area contributed by atoms with Crippen LogP contribution in [0.15, 0.2) is 0 Å². The lowest BCUT2D eigenvalue weighted by atomic mass is 10.2. The Bertz CT molecular complexity index is 125. The van der Waals surface area contributed by atoms with Gasteiger partial charge in [-0.2, -0.15) is 0 Å². The van der Waals surface area contributed by atoms with E-state index in [1.807, 2.05) is 6.92 Å². The fraction of sp³-hybridized carbons (Fsp3) is 1.00. The molecule has 6 heteroatoms. The predicted molar refractivity (Wildman–Crippen MR) is 63.4 cm³/mol. The average molecular weight is 286 g/mol. The smallest absolute Gasteiger partial charge is 0.218 e. The van der Waals surface area contributed by atoms with Crippen molar-refractivity contribution in [2.24, 2.45) is 0 Å². The molecule has 0 aromatic heterocycles. The zero-order valence-corrected chi connectivity index (χ0v) is 11.4. The Labute approximate surface area is 105 Å². The monoisotopic (exact) mass is 284 g/mol. The Kier molecular flexibility index (Phi) is 9.20. The van der Waals surface area contributed by atoms with E-state index in [2.05, 4.69) is 0 Å². The molecule has 0 heterocycles. The fourth-order valence-corrected chi connectivity index (χ4v) is 0.456. The number of rotatable bonds is 2. The molecule has 0 amide bonds. The van der Waals surface area contributed by atoms with E-state index < -0.39 is 15.0 Å². The van der Waals surface area contributed by atoms with Crippen molar-refractivity contribution in [1.29, 1.82) is 0 Å². The van der Waals surface area contributed by atoms with Crippen LogP contribution in [0.2, 0.25) is 0 Å². The van der Waals surface area contributed by atoms with Crippen LogP contribution < -0.4 is 0 Å². The summed E-state index contributed by atoms with van der Waals surface area (Å²) in [6.07, 6.45) is 1.65. The van der Waals surface area contributed by atoms with Gasteiger partial charge in [-0.1, -0.05) is 59.7 Å². The molecule has 1 atom stereocenters. The Morgan fingerprint density at radius 1 is 1.21 bits per heavy atom. The van der Waals surface area contributed by atoms with E-state index in [4.69, 9.17) is 56.6 Å². The van der Waals surface area contributed by atoms with Crippen LogP contribution in [-0.2, 0) is 0 Å². The second-order valence-electron chi connectivity index (χ2n) is 3.28. The molecule has 0 aromatic carbocycles. The number of hydrogen-bond donors (Lipinski definition) is 2. The van der Waals surface area contributed by atoms with Crippen LogP contribution in [0.4, 0.5) is 0 Å². The largest absolute Gasteiger partial charge is 0.386 e. The second kappa shape index (κ2) is 7.37. The van der Waals surface area contributed by atoms with Crippen LogP contribution in [0, 0.1) is 0 Å². The first-order chi connectivity index (χ1) is 6.02. The molecular weight excluding hydrogens is 270 g/mol. The van der Waals surface area contributed by atoms with Gasteiger partial charge < -0.3 is 10.2 Å². The van der Waals surface area contributed by atoms with Crippen LogP contribution in [0.1, 0.15) is 33.6 Å². The highest BCUT2D eigenvalue weighted by atomic mass is 35.6. The number of aliphatic hydroxyl groups excluding tert-OH is 1. The van der Waals surface area contributed by atoms with E-state index in [0.717, 1.165) is 6.42 Å². The van der Waals surface area contributed by atoms with E-state index >= 15 is 0 Å². The highest BCUT2D eigenvalue weighted by molar-refractivity contribution is 6.68. The van der Waals surface area contributed by atoms with Gasteiger partial charge in [-0.05, 0) is 20.3 Å². The molecule has 0 aliphatic heterocycles. The lowest BCUT2D eigenvalue weighted by Gasteiger charge is -2.25. The SMILES string of the molecule is CC(C)(O)C(Cl)(Cl)Cl.CCCC(O)Cl. The quantitative estimate of drug-likeness (QED) is 0.763. The van der Waals surface area contributed by atoms with Gasteiger partial charge in [0.05, 0.1) is 0 Å². The van der Waals surface area contributed by atoms with Crippen molar-refractivity contribution in [3.8, 4) is 0 Å². The highest BCUT2D eigenvalue weighted by Crippen LogP contribution is 2.37. The van der Waals surface area contributed by atoms with Crippen molar-refractivity contribution in [1.82, 2.24) is 0 Å². The summed E-state index contributed by atoms with van der Waals surface area (Å²) in [6, 6.07) is 0. The molecule has 2 N–H and O–H groups in total. The fourth-order valence-electron chi connectivity index (χ4n) is 0.238. The Balaban J connectivity index is 0. The molecule has 0 spiro atoms. The third kappa shape index (κ3) is 11.2. The molecule has 2 nitrogen and oxygen atoms in total. The summed E-state index contributed by atoms with van der Waals surface area (Å²) in [4.78, 5) is 0. The molecule has 0 rings (SSSR count). The maximum absolute atomic E-state index is 8.96. The van der Waals surface area contributed by atoms with Crippen molar-refractivity contribution in [3.05, 3.63) is 0 Å². The second-order valence-corrected chi connectivity index (χ2v) is 6.06. The number of alkyl halides is 4. The van der Waals surface area contributed by atoms with Crippen LogP contribution in [0.3, 0.4) is 0 Å². The number of hydrogen-bond acceptors (Lipinski definition) is 2. The first-order valence-electron chi connectivity index (χ1n) is 4.13. The van der Waals surface area contributed by atoms with Crippen molar-refractivity contribution >= 4 is 46.4 Å². The van der Waals surface area contributed by atoms with Gasteiger partial charge in [-0.3, -0.25) is 0 Å². The van der Waals surface area contributed by atoms with E-state index in [1.54, 1.807) is 0 Å². The third-order valence-corrected chi connectivity index (χ3v) is 2.83. The highest BCUT2D eigenvalue weighted by Gasteiger charge is 2.38. The third-order valence-electron chi connectivity index (χ3n) is 1.22. The molecule has 1 unspecified atom stereocenters. The minimum Gasteiger partial charge on any atom is -0.386 e. The summed E-state index contributed by atoms with van der Waals surface area (Å²) in [5, 5.41) is 17.3. The topological polar surface area (TPSA) is 40.5 Å². The number of halogens is 4. The molecule has 88 valence electrons. The predicted octanol–water partition coefficient (Wildman–Crippen LogP) is 3.47. The number of aliphatic hydroxyl groups is 2. The molecule has 0 saturated carbocycles. The van der Waals surface area contributed by atoms with Crippen LogP contribution in [0.25, 0.3) is 0 Å². The van der Waals surface area contributed by atoms with Crippen molar-refractivity contribution in [3.63, 3.8) is 0 Å². The van der Waals surface area contributed by atoms with Crippen molar-refractivity contribution in [2.45, 2.75) is 48.6 Å². The zero-order chi connectivity index (χ0) is 12.0. The summed E-state index contributed by atoms with van der Waals surface area (Å²) in [5.41, 5.74) is -1.90. The lowest BCUT2D eigenvalue weighted by molar-refractivity contribution is 0.0847. The zero-order valence-electron chi connectivity index (χ0n) is 8.40. The molecular formula is C8H16Cl4O2. The van der Waals surface area contributed by atoms with E-state index in [9.17, 15) is 0 Å². The van der Waals surface area contributed by atoms with Gasteiger partial charge >= 0.3 is 0 Å². The van der Waals surface area contributed by atoms with Gasteiger partial charge in [-0.25, -0.2) is 0 Å². The maximum Gasteiger partial charge on any atom is 0.218 e. The van der Waals surface area contributed by atoms with E-state index in [-0.39, 0.29) is 0 Å². The van der Waals surface area contributed by atoms with Gasteiger partial charge in [0.1, 0.15) is 11.2 Å². The molecule has 0 aliphatic carbocycles. The Morgan fingerprint density at radius 2 is 1.50 bits per heavy atom. The summed E-state index contributed by atoms with van der Waals surface area (Å²) >= 11 is 21.0. The standard InChI is InChI=1S/C4H7Cl3O.C4H9ClO/c1-3(2,8)4(5,6)7;1-2-3-4(5)6/h8H,1-2H3;4,6H,2-3H2,1H3. The molecule has 0 fully saturated rings. The van der Waals surface area contributed by atoms with Gasteiger partial charge in [0, 0.05) is 0 Å². The summed E-state index contributed by atoms with van der Waals surface area (Å²) < 4.78 is -1.59. The first-order valence-corrected chi connectivity index (χ1v) is 5.70. The lowest BCUT2D eigenvalue weighted by Crippen LogP contribution is -2.35. The maximum atomic E-state index is 8.96. The Hall–Kier alpha value is 1.08. The molecule has 14 heavy (non-hydrogen) atoms. The van der Waals surface area contributed by atoms with Crippen LogP contribution >= 0.6 is 46.4 Å². The van der Waals surface area contributed by atoms with Gasteiger partial charge in [-0.15, -0.1) is 0 Å². The Morgan fingerprint density at radius 3 is 1.50 bits per heavy atom. The summed E-state index contributed by atoms with van der Waals surface area (Å²) in [6.45, 7) is 4.84. The van der Waals surface area contributed by atoms with Crippen molar-refractivity contribution in [2.75, 3.05) is 0 Å². The van der Waals surface area contributed by atoms with Gasteiger partial charge in [0.25, 0.3) is 0 Å². The average Bonchev–Trinajstić information content (AvgIpc) is 1.82. The van der Waals surface area contributed by atoms with Crippen LogP contribution in [-0.4, -0.2) is 25.2 Å². The molecule has 0 saturated heterocycles. The first kappa shape index (κ1) is 17.5. The summed E-state index contributed by atoms with van der Waals surface area (Å²) in [7, 11) is 0. The molecule has 0 aliphatic rings. The minimum atomic E-state index is -1.59.